The maximum absolute atomic E-state index is 12.0. The molecule has 2 unspecified atom stereocenters. The molecule has 1 aliphatic rings. The van der Waals surface area contributed by atoms with Crippen molar-refractivity contribution in [3.8, 4) is 0 Å². The Bertz CT molecular complexity index is 1220. The third-order valence-electron chi connectivity index (χ3n) is 4.62. The summed E-state index contributed by atoms with van der Waals surface area (Å²) in [6.07, 6.45) is -3.86. The maximum atomic E-state index is 12.0. The van der Waals surface area contributed by atoms with Crippen LogP contribution in [0.15, 0.2) is 23.5 Å². The Morgan fingerprint density at radius 2 is 1.85 bits per heavy atom. The highest BCUT2D eigenvalue weighted by Crippen LogP contribution is 2.66. The van der Waals surface area contributed by atoms with Gasteiger partial charge in [-0.15, -0.1) is 0 Å². The van der Waals surface area contributed by atoms with E-state index in [9.17, 15) is 33.7 Å². The van der Waals surface area contributed by atoms with E-state index in [1.165, 1.54) is 16.6 Å². The van der Waals surface area contributed by atoms with Crippen molar-refractivity contribution in [2.24, 2.45) is 4.99 Å². The van der Waals surface area contributed by atoms with Crippen molar-refractivity contribution in [1.29, 1.82) is 0 Å². The van der Waals surface area contributed by atoms with Crippen LogP contribution < -0.4 is 5.73 Å². The third-order valence-corrected chi connectivity index (χ3v) is 8.43. The van der Waals surface area contributed by atoms with Crippen LogP contribution in [0.3, 0.4) is 0 Å². The summed E-state index contributed by atoms with van der Waals surface area (Å²) >= 11 is 0. The number of nitrogens with zero attached hydrogens (tertiary/aromatic N) is 4. The molecule has 0 radical (unpaired) electrons. The number of aromatic nitrogens is 3. The fourth-order valence-electron chi connectivity index (χ4n) is 3.36. The van der Waals surface area contributed by atoms with Crippen molar-refractivity contribution in [2.45, 2.75) is 23.9 Å². The summed E-state index contributed by atoms with van der Waals surface area (Å²) in [4.78, 5) is 43.5. The van der Waals surface area contributed by atoms with Crippen LogP contribution in [0.2, 0.25) is 0 Å². The van der Waals surface area contributed by atoms with Gasteiger partial charge < -0.3 is 40.3 Å². The second kappa shape index (κ2) is 9.44. The second-order valence-corrected chi connectivity index (χ2v) is 11.3. The minimum absolute atomic E-state index is 0.0974. The molecule has 0 saturated carbocycles. The zero-order valence-corrected chi connectivity index (χ0v) is 19.5. The summed E-state index contributed by atoms with van der Waals surface area (Å²) in [6.45, 7) is 2.03. The summed E-state index contributed by atoms with van der Waals surface area (Å²) < 4.78 is 52.9. The maximum Gasteiger partial charge on any atom is 0.490 e. The molecule has 190 valence electrons. The standard InChI is InChI=1S/C13H20N5O13P3/c1-15-5-13(9-3-2-7-12(14)16-6-17-18(7)9)11(20)10(19)8(29-13)4-28-33(24,25)31-34(26,27)30-32(21,22)23/h2-3,6,8,10-11,19-20H,1,4-5H2,(H,24,25)(H,26,27)(H2,14,16,17)(H2,21,22,23)/t8-,10-,11-,13+/m1/s1. The summed E-state index contributed by atoms with van der Waals surface area (Å²) in [7, 11) is -16.8. The summed E-state index contributed by atoms with van der Waals surface area (Å²) in [6, 6.07) is 2.98. The number of fused-ring (bicyclic) bond motifs is 1. The summed E-state index contributed by atoms with van der Waals surface area (Å²) in [5.41, 5.74) is 4.51. The quantitative estimate of drug-likeness (QED) is 0.134. The van der Waals surface area contributed by atoms with Crippen LogP contribution in [-0.4, -0.2) is 82.6 Å². The number of aliphatic hydroxyl groups is 2. The van der Waals surface area contributed by atoms with E-state index in [1.54, 1.807) is 0 Å². The van der Waals surface area contributed by atoms with Crippen LogP contribution in [0.4, 0.5) is 5.82 Å². The molecule has 8 N–H and O–H groups in total. The highest BCUT2D eigenvalue weighted by molar-refractivity contribution is 7.66. The van der Waals surface area contributed by atoms with Gasteiger partial charge in [-0.25, -0.2) is 23.2 Å². The predicted molar refractivity (Wildman–Crippen MR) is 110 cm³/mol. The SMILES string of the molecule is C=NC[C@@]1(c2ccc3c(N)ncnn23)O[C@H](COP(=O)(O)OP(=O)(O)OP(=O)(O)O)[C@@H](O)[C@H]1O. The number of hydrogen-bond donors (Lipinski definition) is 7. The van der Waals surface area contributed by atoms with Gasteiger partial charge in [-0.2, -0.15) is 13.7 Å². The molecule has 0 aromatic carbocycles. The number of rotatable bonds is 10. The highest BCUT2D eigenvalue weighted by atomic mass is 31.3. The van der Waals surface area contributed by atoms with Gasteiger partial charge >= 0.3 is 23.5 Å². The Balaban J connectivity index is 1.83. The monoisotopic (exact) mass is 547 g/mol. The molecule has 6 atom stereocenters. The van der Waals surface area contributed by atoms with Crippen molar-refractivity contribution in [2.75, 3.05) is 18.9 Å². The molecule has 21 heteroatoms. The molecule has 34 heavy (non-hydrogen) atoms. The predicted octanol–water partition coefficient (Wildman–Crippen LogP) is -1.33. The fraction of sp³-hybridized carbons (Fsp3) is 0.462. The first kappa shape index (κ1) is 27.0. The first-order valence-electron chi connectivity index (χ1n) is 8.94. The zero-order valence-electron chi connectivity index (χ0n) is 16.8. The Kier molecular flexibility index (Phi) is 7.49. The average molecular weight is 547 g/mol. The Morgan fingerprint density at radius 1 is 1.18 bits per heavy atom. The van der Waals surface area contributed by atoms with Gasteiger partial charge in [-0.1, -0.05) is 0 Å². The minimum atomic E-state index is -5.74. The van der Waals surface area contributed by atoms with Gasteiger partial charge in [-0.05, 0) is 18.9 Å². The van der Waals surface area contributed by atoms with Crippen LogP contribution in [0.1, 0.15) is 5.69 Å². The molecule has 1 saturated heterocycles. The average Bonchev–Trinajstić information content (AvgIpc) is 3.21. The van der Waals surface area contributed by atoms with Gasteiger partial charge in [0.2, 0.25) is 0 Å². The van der Waals surface area contributed by atoms with Gasteiger partial charge in [0.25, 0.3) is 0 Å². The van der Waals surface area contributed by atoms with Gasteiger partial charge in [0, 0.05) is 0 Å². The van der Waals surface area contributed by atoms with Gasteiger partial charge in [0.1, 0.15) is 30.2 Å². The lowest BCUT2D eigenvalue weighted by molar-refractivity contribution is -0.0938. The number of nitrogen functional groups attached to an aromatic ring is 1. The molecule has 2 aromatic heterocycles. The van der Waals surface area contributed by atoms with Crippen molar-refractivity contribution in [3.63, 3.8) is 0 Å². The number of ether oxygens (including phenoxy) is 1. The second-order valence-electron chi connectivity index (χ2n) is 6.91. The topological polar surface area (TPSA) is 278 Å². The molecule has 3 rings (SSSR count). The number of nitrogens with two attached hydrogens (primary N) is 1. The normalized spacial score (nSPS) is 29.1. The number of phosphoric ester groups is 1. The number of anilines is 1. The summed E-state index contributed by atoms with van der Waals surface area (Å²) in [5, 5.41) is 25.3. The van der Waals surface area contributed by atoms with Crippen molar-refractivity contribution < 1.29 is 61.4 Å². The van der Waals surface area contributed by atoms with E-state index in [-0.39, 0.29) is 18.1 Å². The molecule has 1 aliphatic heterocycles. The van der Waals surface area contributed by atoms with Crippen LogP contribution in [0.5, 0.6) is 0 Å². The Morgan fingerprint density at radius 3 is 2.47 bits per heavy atom. The largest absolute Gasteiger partial charge is 0.490 e. The molecule has 3 heterocycles. The van der Waals surface area contributed by atoms with Gasteiger partial charge in [-0.3, -0.25) is 9.52 Å². The molecule has 18 nitrogen and oxygen atoms in total. The van der Waals surface area contributed by atoms with E-state index in [0.717, 1.165) is 6.33 Å². The first-order chi connectivity index (χ1) is 15.6. The Hall–Kier alpha value is -1.62. The van der Waals surface area contributed by atoms with Crippen LogP contribution in [0, 0.1) is 0 Å². The lowest BCUT2D eigenvalue weighted by Gasteiger charge is -2.30. The van der Waals surface area contributed by atoms with Gasteiger partial charge in [0.05, 0.1) is 18.8 Å². The molecule has 0 aliphatic carbocycles. The van der Waals surface area contributed by atoms with Crippen molar-refractivity contribution in [3.05, 3.63) is 24.2 Å². The van der Waals surface area contributed by atoms with E-state index in [1.807, 2.05) is 0 Å². The molecule has 0 bridgehead atoms. The van der Waals surface area contributed by atoms with Crippen molar-refractivity contribution in [1.82, 2.24) is 14.6 Å². The molecule has 2 aromatic rings. The van der Waals surface area contributed by atoms with Crippen LogP contribution >= 0.6 is 23.5 Å². The number of hydrogen-bond acceptors (Lipinski definition) is 13. The molecule has 1 fully saturated rings. The molecular weight excluding hydrogens is 527 g/mol. The van der Waals surface area contributed by atoms with E-state index in [4.69, 9.17) is 20.3 Å². The third kappa shape index (κ3) is 5.61. The summed E-state index contributed by atoms with van der Waals surface area (Å²) in [5.74, 6) is 0.0974. The van der Waals surface area contributed by atoms with Crippen LogP contribution in [0.25, 0.3) is 5.52 Å². The zero-order chi connectivity index (χ0) is 25.5. The van der Waals surface area contributed by atoms with E-state index in [0.29, 0.717) is 5.52 Å². The fourth-order valence-corrected chi connectivity index (χ4v) is 6.39. The molecular formula is C13H20N5O13P3. The van der Waals surface area contributed by atoms with Crippen LogP contribution in [-0.2, 0) is 37.2 Å². The minimum Gasteiger partial charge on any atom is -0.387 e. The van der Waals surface area contributed by atoms with E-state index in [2.05, 4.69) is 34.9 Å². The van der Waals surface area contributed by atoms with E-state index >= 15 is 0 Å². The van der Waals surface area contributed by atoms with E-state index < -0.39 is 54.0 Å². The number of phosphoric acid groups is 3. The first-order valence-corrected chi connectivity index (χ1v) is 13.5. The highest BCUT2D eigenvalue weighted by Gasteiger charge is 2.57. The molecule has 0 amide bonds. The Labute approximate surface area is 190 Å². The number of aliphatic hydroxyl groups excluding tert-OH is 2. The lowest BCUT2D eigenvalue weighted by Crippen LogP contribution is -2.44. The van der Waals surface area contributed by atoms with Gasteiger partial charge in [0.15, 0.2) is 11.4 Å². The lowest BCUT2D eigenvalue weighted by atomic mass is 9.91. The van der Waals surface area contributed by atoms with Crippen molar-refractivity contribution >= 4 is 41.5 Å². The smallest absolute Gasteiger partial charge is 0.387 e. The molecule has 0 spiro atoms. The number of aliphatic imine (C=N–C) groups is 1.